The molecule has 2 aliphatic rings. The third-order valence-corrected chi connectivity index (χ3v) is 3.96. The van der Waals surface area contributed by atoms with Gasteiger partial charge in [-0.1, -0.05) is 0 Å². The lowest BCUT2D eigenvalue weighted by molar-refractivity contribution is 0.0205. The van der Waals surface area contributed by atoms with E-state index in [0.717, 1.165) is 25.8 Å². The van der Waals surface area contributed by atoms with Gasteiger partial charge >= 0.3 is 6.09 Å². The Morgan fingerprint density at radius 3 is 2.79 bits per heavy atom. The van der Waals surface area contributed by atoms with E-state index in [9.17, 15) is 4.79 Å². The second-order valence-corrected chi connectivity index (χ2v) is 6.61. The number of carbonyl (C=O) groups is 1. The van der Waals surface area contributed by atoms with Crippen molar-refractivity contribution in [3.8, 4) is 0 Å². The number of hydrogen-bond acceptors (Lipinski definition) is 4. The van der Waals surface area contributed by atoms with Gasteiger partial charge in [-0.05, 0) is 46.0 Å². The molecule has 0 aromatic rings. The van der Waals surface area contributed by atoms with Crippen LogP contribution in [-0.2, 0) is 4.74 Å². The molecule has 3 atom stereocenters. The van der Waals surface area contributed by atoms with E-state index in [1.54, 1.807) is 0 Å². The first-order valence-corrected chi connectivity index (χ1v) is 7.25. The Labute approximate surface area is 115 Å². The molecule has 2 rings (SSSR count). The summed E-state index contributed by atoms with van der Waals surface area (Å²) in [6, 6.07) is 0.659. The third kappa shape index (κ3) is 3.39. The fourth-order valence-corrected chi connectivity index (χ4v) is 3.30. The molecule has 0 radical (unpaired) electrons. The highest BCUT2D eigenvalue weighted by Gasteiger charge is 2.49. The topological polar surface area (TPSA) is 61.8 Å². The van der Waals surface area contributed by atoms with Gasteiger partial charge in [0, 0.05) is 25.2 Å². The van der Waals surface area contributed by atoms with Gasteiger partial charge in [0.15, 0.2) is 0 Å². The highest BCUT2D eigenvalue weighted by molar-refractivity contribution is 5.70. The zero-order chi connectivity index (χ0) is 14.0. The molecule has 2 fully saturated rings. The van der Waals surface area contributed by atoms with Gasteiger partial charge in [0.25, 0.3) is 0 Å². The second kappa shape index (κ2) is 5.67. The first-order chi connectivity index (χ1) is 8.92. The maximum Gasteiger partial charge on any atom is 0.410 e. The second-order valence-electron chi connectivity index (χ2n) is 6.61. The molecule has 0 aromatic heterocycles. The maximum absolute atomic E-state index is 12.2. The summed E-state index contributed by atoms with van der Waals surface area (Å²) >= 11 is 0. The summed E-state index contributed by atoms with van der Waals surface area (Å²) in [6.45, 7) is 7.38. The van der Waals surface area contributed by atoms with Gasteiger partial charge in [-0.2, -0.15) is 0 Å². The largest absolute Gasteiger partial charge is 0.444 e. The number of nitrogens with one attached hydrogen (secondary N) is 1. The summed E-state index contributed by atoms with van der Waals surface area (Å²) < 4.78 is 5.50. The average molecular weight is 270 g/mol. The number of ether oxygens (including phenoxy) is 1. The number of nitrogens with zero attached hydrogens (tertiary/aromatic N) is 1. The van der Waals surface area contributed by atoms with Crippen LogP contribution in [0.3, 0.4) is 0 Å². The Kier molecular flexibility index (Phi) is 4.36. The van der Waals surface area contributed by atoms with Crippen molar-refractivity contribution in [3.63, 3.8) is 0 Å². The summed E-state index contributed by atoms with van der Waals surface area (Å²) in [6.07, 6.45) is 3.07. The zero-order valence-corrected chi connectivity index (χ0v) is 12.2. The number of amides is 1. The minimum Gasteiger partial charge on any atom is -0.444 e. The Bertz CT molecular complexity index is 327. The fraction of sp³-hybridized carbons (Fsp3) is 0.929. The first-order valence-electron chi connectivity index (χ1n) is 7.25. The van der Waals surface area contributed by atoms with Gasteiger partial charge in [0.2, 0.25) is 0 Å². The van der Waals surface area contributed by atoms with E-state index in [4.69, 9.17) is 9.84 Å². The summed E-state index contributed by atoms with van der Waals surface area (Å²) in [5, 5.41) is 12.0. The molecule has 19 heavy (non-hydrogen) atoms. The van der Waals surface area contributed by atoms with Gasteiger partial charge in [-0.25, -0.2) is 4.79 Å². The van der Waals surface area contributed by atoms with Crippen LogP contribution in [0.15, 0.2) is 0 Å². The predicted octanol–water partition coefficient (Wildman–Crippen LogP) is 1.36. The molecule has 0 aliphatic carbocycles. The lowest BCUT2D eigenvalue weighted by atomic mass is 9.89. The molecule has 2 bridgehead atoms. The Morgan fingerprint density at radius 1 is 1.42 bits per heavy atom. The molecule has 110 valence electrons. The highest BCUT2D eigenvalue weighted by Crippen LogP contribution is 2.42. The van der Waals surface area contributed by atoms with Crippen molar-refractivity contribution in [1.82, 2.24) is 10.2 Å². The van der Waals surface area contributed by atoms with Crippen LogP contribution in [0.2, 0.25) is 0 Å². The zero-order valence-electron chi connectivity index (χ0n) is 12.2. The highest BCUT2D eigenvalue weighted by atomic mass is 16.6. The smallest absolute Gasteiger partial charge is 0.410 e. The lowest BCUT2D eigenvalue weighted by Crippen LogP contribution is -2.41. The van der Waals surface area contributed by atoms with Crippen molar-refractivity contribution in [2.75, 3.05) is 19.7 Å². The van der Waals surface area contributed by atoms with Gasteiger partial charge in [-0.15, -0.1) is 0 Å². The molecule has 0 saturated carbocycles. The summed E-state index contributed by atoms with van der Waals surface area (Å²) in [7, 11) is 0. The number of hydrogen-bond donors (Lipinski definition) is 2. The molecule has 0 aromatic carbocycles. The van der Waals surface area contributed by atoms with E-state index in [1.165, 1.54) is 0 Å². The van der Waals surface area contributed by atoms with Crippen LogP contribution < -0.4 is 5.32 Å². The molecule has 5 heteroatoms. The van der Waals surface area contributed by atoms with Crippen molar-refractivity contribution in [2.45, 2.75) is 57.7 Å². The predicted molar refractivity (Wildman–Crippen MR) is 72.9 cm³/mol. The minimum atomic E-state index is -0.427. The van der Waals surface area contributed by atoms with E-state index >= 15 is 0 Å². The van der Waals surface area contributed by atoms with E-state index in [0.29, 0.717) is 24.5 Å². The van der Waals surface area contributed by atoms with Crippen LogP contribution in [0, 0.1) is 5.92 Å². The number of aliphatic hydroxyl groups is 1. The van der Waals surface area contributed by atoms with Gasteiger partial charge in [0.1, 0.15) is 5.60 Å². The van der Waals surface area contributed by atoms with Crippen molar-refractivity contribution in [2.24, 2.45) is 5.92 Å². The van der Waals surface area contributed by atoms with Crippen LogP contribution in [0.5, 0.6) is 0 Å². The first kappa shape index (κ1) is 14.6. The molecular weight excluding hydrogens is 244 g/mol. The molecular formula is C14H26N2O3. The van der Waals surface area contributed by atoms with Gasteiger partial charge < -0.3 is 20.1 Å². The van der Waals surface area contributed by atoms with Crippen LogP contribution >= 0.6 is 0 Å². The Morgan fingerprint density at radius 2 is 2.16 bits per heavy atom. The minimum absolute atomic E-state index is 0.162. The molecule has 1 amide bonds. The quantitative estimate of drug-likeness (QED) is 0.757. The van der Waals surface area contributed by atoms with Gasteiger partial charge in [0.05, 0.1) is 6.61 Å². The fourth-order valence-electron chi connectivity index (χ4n) is 3.30. The molecule has 2 aliphatic heterocycles. The summed E-state index contributed by atoms with van der Waals surface area (Å²) in [5.41, 5.74) is -0.427. The normalized spacial score (nSPS) is 29.9. The number of rotatable bonds is 4. The van der Waals surface area contributed by atoms with E-state index in [-0.39, 0.29) is 12.7 Å². The number of fused-ring (bicyclic) bond motifs is 2. The molecule has 2 heterocycles. The van der Waals surface area contributed by atoms with Crippen molar-refractivity contribution in [1.29, 1.82) is 0 Å². The van der Waals surface area contributed by atoms with Crippen LogP contribution in [0.1, 0.15) is 40.0 Å². The van der Waals surface area contributed by atoms with Crippen LogP contribution in [0.4, 0.5) is 4.79 Å². The SMILES string of the molecule is CC(C)(C)OC(=O)N1C2CCC1C(CNCCO)C2. The molecule has 5 nitrogen and oxygen atoms in total. The van der Waals surface area contributed by atoms with Crippen molar-refractivity contribution >= 4 is 6.09 Å². The van der Waals surface area contributed by atoms with Crippen LogP contribution in [-0.4, -0.2) is 53.5 Å². The average Bonchev–Trinajstić information content (AvgIpc) is 2.84. The van der Waals surface area contributed by atoms with E-state index in [2.05, 4.69) is 5.32 Å². The third-order valence-electron chi connectivity index (χ3n) is 3.96. The lowest BCUT2D eigenvalue weighted by Gasteiger charge is -2.28. The summed E-state index contributed by atoms with van der Waals surface area (Å²) in [4.78, 5) is 14.2. The van der Waals surface area contributed by atoms with E-state index < -0.39 is 5.60 Å². The standard InChI is InChI=1S/C14H26N2O3/c1-14(2,3)19-13(18)16-11-4-5-12(16)10(8-11)9-15-6-7-17/h10-12,15,17H,4-9H2,1-3H3. The molecule has 2 N–H and O–H groups in total. The molecule has 0 spiro atoms. The Hall–Kier alpha value is -0.810. The molecule has 2 saturated heterocycles. The Balaban J connectivity index is 1.91. The summed E-state index contributed by atoms with van der Waals surface area (Å²) in [5.74, 6) is 0.498. The number of carbonyl (C=O) groups excluding carboxylic acids is 1. The molecule has 3 unspecified atom stereocenters. The van der Waals surface area contributed by atoms with Crippen molar-refractivity contribution in [3.05, 3.63) is 0 Å². The van der Waals surface area contributed by atoms with E-state index in [1.807, 2.05) is 25.7 Å². The van der Waals surface area contributed by atoms with Crippen molar-refractivity contribution < 1.29 is 14.6 Å². The van der Waals surface area contributed by atoms with Crippen LogP contribution in [0.25, 0.3) is 0 Å². The van der Waals surface area contributed by atoms with Gasteiger partial charge in [-0.3, -0.25) is 0 Å². The monoisotopic (exact) mass is 270 g/mol. The number of aliphatic hydroxyl groups excluding tert-OH is 1. The maximum atomic E-state index is 12.2.